The van der Waals surface area contributed by atoms with E-state index < -0.39 is 0 Å². The molecule has 0 aromatic heterocycles. The van der Waals surface area contributed by atoms with Crippen molar-refractivity contribution in [2.75, 3.05) is 18.4 Å². The van der Waals surface area contributed by atoms with E-state index in [9.17, 15) is 4.79 Å². The van der Waals surface area contributed by atoms with E-state index in [1.54, 1.807) is 12.1 Å². The standard InChI is InChI=1S/C11H14BrClN2O/c1-2-5-14-11(16)7-15-10-6-8(13)3-4-9(10)12/h3-4,6,15H,2,5,7H2,1H3,(H,14,16). The van der Waals surface area contributed by atoms with Crippen molar-refractivity contribution >= 4 is 39.1 Å². The Labute approximate surface area is 109 Å². The molecule has 0 spiro atoms. The molecule has 0 unspecified atom stereocenters. The third-order valence-electron chi connectivity index (χ3n) is 1.94. The number of hydrogen-bond donors (Lipinski definition) is 2. The van der Waals surface area contributed by atoms with Crippen LogP contribution in [-0.4, -0.2) is 19.0 Å². The molecule has 5 heteroatoms. The zero-order valence-electron chi connectivity index (χ0n) is 9.02. The SMILES string of the molecule is CCCNC(=O)CNc1cc(Cl)ccc1Br. The van der Waals surface area contributed by atoms with Crippen molar-refractivity contribution in [3.05, 3.63) is 27.7 Å². The van der Waals surface area contributed by atoms with Crippen molar-refractivity contribution in [1.29, 1.82) is 0 Å². The lowest BCUT2D eigenvalue weighted by Crippen LogP contribution is -2.30. The first kappa shape index (κ1) is 13.3. The van der Waals surface area contributed by atoms with E-state index in [1.165, 1.54) is 0 Å². The Bertz CT molecular complexity index is 371. The number of anilines is 1. The van der Waals surface area contributed by atoms with Gasteiger partial charge in [-0.1, -0.05) is 18.5 Å². The molecule has 1 rings (SSSR count). The molecule has 1 aromatic carbocycles. The highest BCUT2D eigenvalue weighted by molar-refractivity contribution is 9.10. The summed E-state index contributed by atoms with van der Waals surface area (Å²) in [6.07, 6.45) is 0.937. The number of halogens is 2. The minimum Gasteiger partial charge on any atom is -0.375 e. The van der Waals surface area contributed by atoms with Gasteiger partial charge in [-0.3, -0.25) is 4.79 Å². The topological polar surface area (TPSA) is 41.1 Å². The Morgan fingerprint density at radius 3 is 2.94 bits per heavy atom. The maximum Gasteiger partial charge on any atom is 0.239 e. The molecule has 16 heavy (non-hydrogen) atoms. The van der Waals surface area contributed by atoms with Gasteiger partial charge in [0.05, 0.1) is 12.2 Å². The zero-order chi connectivity index (χ0) is 12.0. The highest BCUT2D eigenvalue weighted by Gasteiger charge is 2.03. The molecule has 0 atom stereocenters. The lowest BCUT2D eigenvalue weighted by atomic mass is 10.3. The van der Waals surface area contributed by atoms with Gasteiger partial charge in [0.25, 0.3) is 0 Å². The molecule has 0 aliphatic rings. The number of carbonyl (C=O) groups excluding carboxylic acids is 1. The Balaban J connectivity index is 2.47. The molecule has 2 N–H and O–H groups in total. The molecule has 0 saturated heterocycles. The minimum absolute atomic E-state index is 0.0197. The molecular formula is C11H14BrClN2O. The van der Waals surface area contributed by atoms with Crippen LogP contribution in [0.3, 0.4) is 0 Å². The van der Waals surface area contributed by atoms with Gasteiger partial charge in [-0.25, -0.2) is 0 Å². The van der Waals surface area contributed by atoms with Crippen LogP contribution in [-0.2, 0) is 4.79 Å². The van der Waals surface area contributed by atoms with Crippen LogP contribution < -0.4 is 10.6 Å². The zero-order valence-corrected chi connectivity index (χ0v) is 11.4. The van der Waals surface area contributed by atoms with E-state index >= 15 is 0 Å². The Morgan fingerprint density at radius 1 is 1.50 bits per heavy atom. The number of hydrogen-bond acceptors (Lipinski definition) is 2. The van der Waals surface area contributed by atoms with Crippen LogP contribution in [0.5, 0.6) is 0 Å². The first-order valence-corrected chi connectivity index (χ1v) is 6.26. The van der Waals surface area contributed by atoms with Gasteiger partial charge in [0, 0.05) is 16.0 Å². The van der Waals surface area contributed by atoms with Crippen LogP contribution in [0.25, 0.3) is 0 Å². The molecule has 0 fully saturated rings. The predicted molar refractivity (Wildman–Crippen MR) is 70.9 cm³/mol. The number of nitrogens with one attached hydrogen (secondary N) is 2. The molecule has 1 aromatic rings. The van der Waals surface area contributed by atoms with Crippen molar-refractivity contribution in [3.63, 3.8) is 0 Å². The maximum atomic E-state index is 11.3. The second-order valence-corrected chi connectivity index (χ2v) is 4.62. The number of amides is 1. The highest BCUT2D eigenvalue weighted by atomic mass is 79.9. The summed E-state index contributed by atoms with van der Waals surface area (Å²) in [5.74, 6) is -0.0197. The van der Waals surface area contributed by atoms with E-state index in [0.717, 1.165) is 16.6 Å². The lowest BCUT2D eigenvalue weighted by Gasteiger charge is -2.09. The van der Waals surface area contributed by atoms with Gasteiger partial charge in [-0.05, 0) is 40.5 Å². The van der Waals surface area contributed by atoms with Crippen LogP contribution >= 0.6 is 27.5 Å². The Morgan fingerprint density at radius 2 is 2.25 bits per heavy atom. The number of rotatable bonds is 5. The Hall–Kier alpha value is -0.740. The molecule has 0 saturated carbocycles. The summed E-state index contributed by atoms with van der Waals surface area (Å²) in [7, 11) is 0. The van der Waals surface area contributed by atoms with E-state index in [4.69, 9.17) is 11.6 Å². The molecular weight excluding hydrogens is 291 g/mol. The number of benzene rings is 1. The second kappa shape index (κ2) is 6.76. The summed E-state index contributed by atoms with van der Waals surface area (Å²) in [4.78, 5) is 11.3. The van der Waals surface area contributed by atoms with Crippen LogP contribution in [0, 0.1) is 0 Å². The third-order valence-corrected chi connectivity index (χ3v) is 2.87. The van der Waals surface area contributed by atoms with Crippen molar-refractivity contribution in [3.8, 4) is 0 Å². The van der Waals surface area contributed by atoms with E-state index in [0.29, 0.717) is 11.6 Å². The average Bonchev–Trinajstić information content (AvgIpc) is 2.27. The molecule has 0 radical (unpaired) electrons. The fraction of sp³-hybridized carbons (Fsp3) is 0.364. The Kier molecular flexibility index (Phi) is 5.63. The minimum atomic E-state index is -0.0197. The van der Waals surface area contributed by atoms with Gasteiger partial charge in [0.1, 0.15) is 0 Å². The van der Waals surface area contributed by atoms with Gasteiger partial charge in [0.15, 0.2) is 0 Å². The first-order chi connectivity index (χ1) is 7.63. The van der Waals surface area contributed by atoms with Gasteiger partial charge in [0.2, 0.25) is 5.91 Å². The molecule has 0 heterocycles. The van der Waals surface area contributed by atoms with Gasteiger partial charge < -0.3 is 10.6 Å². The summed E-state index contributed by atoms with van der Waals surface area (Å²) in [6.45, 7) is 2.97. The molecule has 0 aliphatic carbocycles. The van der Waals surface area contributed by atoms with Crippen LogP contribution in [0.15, 0.2) is 22.7 Å². The normalized spacial score (nSPS) is 9.94. The third kappa shape index (κ3) is 4.41. The molecule has 88 valence electrons. The summed E-state index contributed by atoms with van der Waals surface area (Å²) in [5.41, 5.74) is 0.819. The van der Waals surface area contributed by atoms with Gasteiger partial charge in [-0.2, -0.15) is 0 Å². The smallest absolute Gasteiger partial charge is 0.239 e. The average molecular weight is 306 g/mol. The first-order valence-electron chi connectivity index (χ1n) is 5.09. The van der Waals surface area contributed by atoms with E-state index in [1.807, 2.05) is 13.0 Å². The molecule has 0 bridgehead atoms. The van der Waals surface area contributed by atoms with E-state index in [-0.39, 0.29) is 12.5 Å². The van der Waals surface area contributed by atoms with E-state index in [2.05, 4.69) is 26.6 Å². The van der Waals surface area contributed by atoms with Crippen molar-refractivity contribution in [2.24, 2.45) is 0 Å². The van der Waals surface area contributed by atoms with Gasteiger partial charge in [-0.15, -0.1) is 0 Å². The second-order valence-electron chi connectivity index (χ2n) is 3.33. The number of carbonyl (C=O) groups is 1. The quantitative estimate of drug-likeness (QED) is 0.878. The van der Waals surface area contributed by atoms with Crippen LogP contribution in [0.1, 0.15) is 13.3 Å². The summed E-state index contributed by atoms with van der Waals surface area (Å²) in [5, 5.41) is 6.44. The van der Waals surface area contributed by atoms with Crippen molar-refractivity contribution < 1.29 is 4.79 Å². The largest absolute Gasteiger partial charge is 0.375 e. The highest BCUT2D eigenvalue weighted by Crippen LogP contribution is 2.25. The molecule has 1 amide bonds. The summed E-state index contributed by atoms with van der Waals surface area (Å²) < 4.78 is 0.889. The summed E-state index contributed by atoms with van der Waals surface area (Å²) in [6, 6.07) is 5.40. The maximum absolute atomic E-state index is 11.3. The van der Waals surface area contributed by atoms with Crippen LogP contribution in [0.2, 0.25) is 5.02 Å². The lowest BCUT2D eigenvalue weighted by molar-refractivity contribution is -0.119. The monoisotopic (exact) mass is 304 g/mol. The van der Waals surface area contributed by atoms with Crippen LogP contribution in [0.4, 0.5) is 5.69 Å². The van der Waals surface area contributed by atoms with Crippen molar-refractivity contribution in [2.45, 2.75) is 13.3 Å². The van der Waals surface area contributed by atoms with Gasteiger partial charge >= 0.3 is 0 Å². The predicted octanol–water partition coefficient (Wildman–Crippen LogP) is 3.04. The fourth-order valence-electron chi connectivity index (χ4n) is 1.14. The van der Waals surface area contributed by atoms with Crippen molar-refractivity contribution in [1.82, 2.24) is 5.32 Å². The fourth-order valence-corrected chi connectivity index (χ4v) is 1.69. The molecule has 3 nitrogen and oxygen atoms in total. The summed E-state index contributed by atoms with van der Waals surface area (Å²) >= 11 is 9.23. The molecule has 0 aliphatic heterocycles.